The van der Waals surface area contributed by atoms with E-state index in [4.69, 9.17) is 4.74 Å². The number of thioether (sulfide) groups is 1. The molecule has 1 atom stereocenters. The number of benzene rings is 1. The molecule has 2 heterocycles. The summed E-state index contributed by atoms with van der Waals surface area (Å²) in [5.41, 5.74) is 1.35. The standard InChI is InChI=1S/C18H18BrN3O2S/c1-3-15-11-25-18(21-14-4-6-16(24-2)7-5-14)22(15)17(23)12-8-13(19)10-20-9-12/h4-10,15H,3,11H2,1-2H3. The molecule has 0 saturated carbocycles. The molecule has 1 saturated heterocycles. The molecule has 3 rings (SSSR count). The second kappa shape index (κ2) is 8.01. The smallest absolute Gasteiger partial charge is 0.261 e. The first-order chi connectivity index (χ1) is 12.1. The van der Waals surface area contributed by atoms with E-state index in [1.807, 2.05) is 24.3 Å². The maximum Gasteiger partial charge on any atom is 0.261 e. The third-order valence-corrected chi connectivity index (χ3v) is 5.45. The zero-order valence-electron chi connectivity index (χ0n) is 14.0. The Bertz CT molecular complexity index is 795. The molecule has 1 amide bonds. The molecule has 5 nitrogen and oxygen atoms in total. The van der Waals surface area contributed by atoms with Crippen LogP contribution in [0.3, 0.4) is 0 Å². The van der Waals surface area contributed by atoms with Crippen LogP contribution in [0.1, 0.15) is 23.7 Å². The molecular weight excluding hydrogens is 402 g/mol. The average molecular weight is 420 g/mol. The fourth-order valence-corrected chi connectivity index (χ4v) is 4.18. The maximum atomic E-state index is 13.0. The van der Waals surface area contributed by atoms with Gasteiger partial charge in [-0.3, -0.25) is 14.7 Å². The molecule has 0 N–H and O–H groups in total. The number of hydrogen-bond donors (Lipinski definition) is 0. The van der Waals surface area contributed by atoms with Crippen molar-refractivity contribution >= 4 is 44.5 Å². The van der Waals surface area contributed by atoms with E-state index in [0.717, 1.165) is 33.3 Å². The first-order valence-corrected chi connectivity index (χ1v) is 9.70. The molecule has 1 aliphatic heterocycles. The van der Waals surface area contributed by atoms with Crippen LogP contribution in [0.4, 0.5) is 5.69 Å². The number of aromatic nitrogens is 1. The Morgan fingerprint density at radius 2 is 2.16 bits per heavy atom. The largest absolute Gasteiger partial charge is 0.497 e. The van der Waals surface area contributed by atoms with Crippen LogP contribution in [-0.2, 0) is 0 Å². The number of aliphatic imine (C=N–C) groups is 1. The van der Waals surface area contributed by atoms with Gasteiger partial charge in [0.25, 0.3) is 5.91 Å². The minimum Gasteiger partial charge on any atom is -0.497 e. The van der Waals surface area contributed by atoms with Crippen LogP contribution < -0.4 is 4.74 Å². The van der Waals surface area contributed by atoms with E-state index in [-0.39, 0.29) is 11.9 Å². The Balaban J connectivity index is 1.92. The Labute approximate surface area is 159 Å². The quantitative estimate of drug-likeness (QED) is 0.731. The minimum atomic E-state index is -0.0714. The van der Waals surface area contributed by atoms with E-state index in [2.05, 4.69) is 32.8 Å². The second-order valence-electron chi connectivity index (χ2n) is 5.53. The second-order valence-corrected chi connectivity index (χ2v) is 7.44. The highest BCUT2D eigenvalue weighted by Gasteiger charge is 2.34. The van der Waals surface area contributed by atoms with Crippen LogP contribution in [0.25, 0.3) is 0 Å². The number of hydrogen-bond acceptors (Lipinski definition) is 5. The van der Waals surface area contributed by atoms with Crippen molar-refractivity contribution in [1.82, 2.24) is 9.88 Å². The average Bonchev–Trinajstić information content (AvgIpc) is 3.04. The lowest BCUT2D eigenvalue weighted by Gasteiger charge is -2.23. The fourth-order valence-electron chi connectivity index (χ4n) is 2.55. The minimum absolute atomic E-state index is 0.0714. The predicted molar refractivity (Wildman–Crippen MR) is 105 cm³/mol. The number of carbonyl (C=O) groups is 1. The van der Waals surface area contributed by atoms with Crippen LogP contribution in [0.5, 0.6) is 5.75 Å². The Kier molecular flexibility index (Phi) is 5.75. The van der Waals surface area contributed by atoms with Gasteiger partial charge in [-0.15, -0.1) is 0 Å². The van der Waals surface area contributed by atoms with Gasteiger partial charge in [-0.1, -0.05) is 18.7 Å². The van der Waals surface area contributed by atoms with Gasteiger partial charge < -0.3 is 4.74 Å². The Morgan fingerprint density at radius 1 is 1.40 bits per heavy atom. The normalized spacial score (nSPS) is 18.6. The lowest BCUT2D eigenvalue weighted by Crippen LogP contribution is -2.39. The first kappa shape index (κ1) is 17.9. The third kappa shape index (κ3) is 4.04. The van der Waals surface area contributed by atoms with Crippen LogP contribution in [0.15, 0.2) is 52.2 Å². The molecule has 1 fully saturated rings. The zero-order valence-corrected chi connectivity index (χ0v) is 16.4. The van der Waals surface area contributed by atoms with Crippen LogP contribution in [-0.4, -0.2) is 39.9 Å². The highest BCUT2D eigenvalue weighted by Crippen LogP contribution is 2.31. The Hall–Kier alpha value is -1.86. The van der Waals surface area contributed by atoms with Gasteiger partial charge in [-0.25, -0.2) is 4.99 Å². The van der Waals surface area contributed by atoms with Gasteiger partial charge in [0.15, 0.2) is 5.17 Å². The molecule has 25 heavy (non-hydrogen) atoms. The number of halogens is 1. The van der Waals surface area contributed by atoms with Crippen LogP contribution in [0, 0.1) is 0 Å². The van der Waals surface area contributed by atoms with Crippen molar-refractivity contribution in [2.24, 2.45) is 4.99 Å². The summed E-state index contributed by atoms with van der Waals surface area (Å²) in [7, 11) is 1.63. The predicted octanol–water partition coefficient (Wildman–Crippen LogP) is 4.51. The van der Waals surface area contributed by atoms with Gasteiger partial charge in [0.2, 0.25) is 0 Å². The van der Waals surface area contributed by atoms with Gasteiger partial charge >= 0.3 is 0 Å². The highest BCUT2D eigenvalue weighted by atomic mass is 79.9. The number of amidine groups is 1. The molecule has 2 aromatic rings. The summed E-state index contributed by atoms with van der Waals surface area (Å²) in [5.74, 6) is 1.55. The van der Waals surface area contributed by atoms with E-state index in [1.165, 1.54) is 0 Å². The van der Waals surface area contributed by atoms with Crippen molar-refractivity contribution in [2.45, 2.75) is 19.4 Å². The molecule has 1 aromatic heterocycles. The third-order valence-electron chi connectivity index (χ3n) is 3.92. The summed E-state index contributed by atoms with van der Waals surface area (Å²) >= 11 is 4.98. The molecule has 1 unspecified atom stereocenters. The molecule has 7 heteroatoms. The summed E-state index contributed by atoms with van der Waals surface area (Å²) in [5, 5.41) is 0.724. The lowest BCUT2D eigenvalue weighted by atomic mass is 10.2. The van der Waals surface area contributed by atoms with Crippen LogP contribution in [0.2, 0.25) is 0 Å². The van der Waals surface area contributed by atoms with Crippen molar-refractivity contribution in [2.75, 3.05) is 12.9 Å². The molecular formula is C18H18BrN3O2S. The fraction of sp³-hybridized carbons (Fsp3) is 0.278. The number of pyridine rings is 1. The maximum absolute atomic E-state index is 13.0. The Morgan fingerprint density at radius 3 is 2.80 bits per heavy atom. The van der Waals surface area contributed by atoms with Crippen molar-refractivity contribution in [3.8, 4) is 5.75 Å². The van der Waals surface area contributed by atoms with Crippen molar-refractivity contribution in [3.05, 3.63) is 52.8 Å². The van der Waals surface area contributed by atoms with Gasteiger partial charge in [-0.05, 0) is 52.7 Å². The molecule has 1 aromatic carbocycles. The van der Waals surface area contributed by atoms with Crippen molar-refractivity contribution in [3.63, 3.8) is 0 Å². The number of ether oxygens (including phenoxy) is 1. The van der Waals surface area contributed by atoms with Crippen molar-refractivity contribution < 1.29 is 9.53 Å². The molecule has 0 radical (unpaired) electrons. The molecule has 0 spiro atoms. The topological polar surface area (TPSA) is 54.8 Å². The van der Waals surface area contributed by atoms with Gasteiger partial charge in [0, 0.05) is 28.7 Å². The highest BCUT2D eigenvalue weighted by molar-refractivity contribution is 9.10. The summed E-state index contributed by atoms with van der Waals surface area (Å²) in [6.45, 7) is 2.08. The molecule has 1 aliphatic rings. The van der Waals surface area contributed by atoms with E-state index in [9.17, 15) is 4.79 Å². The summed E-state index contributed by atoms with van der Waals surface area (Å²) in [6.07, 6.45) is 4.13. The summed E-state index contributed by atoms with van der Waals surface area (Å²) in [4.78, 5) is 23.6. The van der Waals surface area contributed by atoms with Crippen LogP contribution >= 0.6 is 27.7 Å². The van der Waals surface area contributed by atoms with Gasteiger partial charge in [0.1, 0.15) is 5.75 Å². The van der Waals surface area contributed by atoms with E-state index in [0.29, 0.717) is 5.56 Å². The number of amides is 1. The van der Waals surface area contributed by atoms with Gasteiger partial charge in [-0.2, -0.15) is 0 Å². The lowest BCUT2D eigenvalue weighted by molar-refractivity contribution is 0.0819. The number of rotatable bonds is 4. The number of carbonyl (C=O) groups excluding carboxylic acids is 1. The van der Waals surface area contributed by atoms with E-state index < -0.39 is 0 Å². The summed E-state index contributed by atoms with van der Waals surface area (Å²) in [6, 6.07) is 9.41. The van der Waals surface area contributed by atoms with Crippen molar-refractivity contribution in [1.29, 1.82) is 0 Å². The van der Waals surface area contributed by atoms with E-state index in [1.54, 1.807) is 42.2 Å². The van der Waals surface area contributed by atoms with E-state index >= 15 is 0 Å². The monoisotopic (exact) mass is 419 g/mol. The first-order valence-electron chi connectivity index (χ1n) is 7.92. The SMILES string of the molecule is CCC1CSC(=Nc2ccc(OC)cc2)N1C(=O)c1cncc(Br)c1. The summed E-state index contributed by atoms with van der Waals surface area (Å²) < 4.78 is 5.96. The molecule has 0 aliphatic carbocycles. The van der Waals surface area contributed by atoms with Gasteiger partial charge in [0.05, 0.1) is 18.4 Å². The zero-order chi connectivity index (χ0) is 17.8. The molecule has 130 valence electrons. The number of methoxy groups -OCH3 is 1. The molecule has 0 bridgehead atoms. The number of nitrogens with zero attached hydrogens (tertiary/aromatic N) is 3.